The van der Waals surface area contributed by atoms with E-state index in [1.54, 1.807) is 0 Å². The molecule has 82 valence electrons. The van der Waals surface area contributed by atoms with Crippen LogP contribution in [0.3, 0.4) is 0 Å². The Labute approximate surface area is 87.2 Å². The minimum absolute atomic E-state index is 0.796. The first kappa shape index (κ1) is 10.4. The summed E-state index contributed by atoms with van der Waals surface area (Å²) < 4.78 is 0. The van der Waals surface area contributed by atoms with E-state index in [1.165, 1.54) is 45.6 Å². The Balaban J connectivity index is 1.45. The Hall–Kier alpha value is -0.120. The molecule has 0 atom stereocenters. The van der Waals surface area contributed by atoms with E-state index < -0.39 is 0 Å². The van der Waals surface area contributed by atoms with Gasteiger partial charge in [-0.15, -0.1) is 0 Å². The van der Waals surface area contributed by atoms with E-state index >= 15 is 0 Å². The highest BCUT2D eigenvalue weighted by Gasteiger charge is 2.26. The van der Waals surface area contributed by atoms with Gasteiger partial charge in [0.15, 0.2) is 0 Å². The van der Waals surface area contributed by atoms with Crippen molar-refractivity contribution in [2.24, 2.45) is 17.6 Å². The lowest BCUT2D eigenvalue weighted by Crippen LogP contribution is -2.50. The molecule has 0 radical (unpaired) electrons. The molecule has 0 bridgehead atoms. The lowest BCUT2D eigenvalue weighted by Gasteiger charge is -2.40. The molecule has 2 rings (SSSR count). The molecule has 0 aromatic carbocycles. The van der Waals surface area contributed by atoms with E-state index in [4.69, 9.17) is 5.73 Å². The first-order valence-corrected chi connectivity index (χ1v) is 5.89. The van der Waals surface area contributed by atoms with Crippen LogP contribution in [0.2, 0.25) is 0 Å². The third-order valence-electron chi connectivity index (χ3n) is 3.59. The van der Waals surface area contributed by atoms with Crippen molar-refractivity contribution in [2.75, 3.05) is 46.3 Å². The van der Waals surface area contributed by atoms with Crippen molar-refractivity contribution in [2.45, 2.75) is 12.8 Å². The summed E-state index contributed by atoms with van der Waals surface area (Å²) in [6.07, 6.45) is 2.81. The van der Waals surface area contributed by atoms with Gasteiger partial charge >= 0.3 is 0 Å². The Morgan fingerprint density at radius 2 is 1.86 bits per heavy atom. The summed E-state index contributed by atoms with van der Waals surface area (Å²) in [6.45, 7) is 7.33. The van der Waals surface area contributed by atoms with Crippen LogP contribution >= 0.6 is 0 Å². The first-order valence-electron chi connectivity index (χ1n) is 5.89. The van der Waals surface area contributed by atoms with Gasteiger partial charge in [-0.2, -0.15) is 0 Å². The zero-order valence-electron chi connectivity index (χ0n) is 9.28. The van der Waals surface area contributed by atoms with Gasteiger partial charge in [0, 0.05) is 26.2 Å². The molecule has 2 aliphatic heterocycles. The van der Waals surface area contributed by atoms with Gasteiger partial charge in [0.1, 0.15) is 0 Å². The Bertz CT molecular complexity index is 171. The quantitative estimate of drug-likeness (QED) is 0.684. The predicted molar refractivity (Wildman–Crippen MR) is 59.2 cm³/mol. The molecule has 0 aromatic rings. The number of nitrogens with two attached hydrogens (primary N) is 1. The van der Waals surface area contributed by atoms with Crippen LogP contribution in [0.5, 0.6) is 0 Å². The fraction of sp³-hybridized carbons (Fsp3) is 1.00. The number of hydrogen-bond donors (Lipinski definition) is 1. The van der Waals surface area contributed by atoms with Crippen LogP contribution in [0, 0.1) is 11.8 Å². The van der Waals surface area contributed by atoms with E-state index in [0.29, 0.717) is 0 Å². The van der Waals surface area contributed by atoms with Crippen LogP contribution < -0.4 is 5.73 Å². The zero-order chi connectivity index (χ0) is 9.97. The van der Waals surface area contributed by atoms with Crippen LogP contribution in [0.25, 0.3) is 0 Å². The average molecular weight is 197 g/mol. The van der Waals surface area contributed by atoms with Crippen LogP contribution in [0.1, 0.15) is 12.8 Å². The summed E-state index contributed by atoms with van der Waals surface area (Å²) in [5.74, 6) is 1.79. The van der Waals surface area contributed by atoms with E-state index in [2.05, 4.69) is 16.8 Å². The van der Waals surface area contributed by atoms with Crippen molar-refractivity contribution in [1.29, 1.82) is 0 Å². The second-order valence-electron chi connectivity index (χ2n) is 5.09. The van der Waals surface area contributed by atoms with Crippen LogP contribution in [-0.4, -0.2) is 56.1 Å². The minimum Gasteiger partial charge on any atom is -0.330 e. The maximum absolute atomic E-state index is 5.59. The summed E-state index contributed by atoms with van der Waals surface area (Å²) >= 11 is 0. The maximum Gasteiger partial charge on any atom is 0.00341 e. The SMILES string of the molecule is CN1CC(CCCN2CC(CN)C2)C1. The maximum atomic E-state index is 5.59. The van der Waals surface area contributed by atoms with E-state index in [0.717, 1.165) is 18.4 Å². The van der Waals surface area contributed by atoms with Gasteiger partial charge in [-0.1, -0.05) is 0 Å². The highest BCUT2D eigenvalue weighted by atomic mass is 15.2. The number of likely N-dealkylation sites (tertiary alicyclic amines) is 2. The molecule has 0 spiro atoms. The fourth-order valence-corrected chi connectivity index (χ4v) is 2.62. The van der Waals surface area contributed by atoms with E-state index in [1.807, 2.05) is 0 Å². The van der Waals surface area contributed by atoms with E-state index in [9.17, 15) is 0 Å². The van der Waals surface area contributed by atoms with Gasteiger partial charge in [-0.25, -0.2) is 0 Å². The third kappa shape index (κ3) is 2.47. The Morgan fingerprint density at radius 1 is 1.14 bits per heavy atom. The molecular formula is C11H23N3. The molecule has 2 heterocycles. The van der Waals surface area contributed by atoms with Gasteiger partial charge in [0.05, 0.1) is 0 Å². The highest BCUT2D eigenvalue weighted by molar-refractivity contribution is 4.81. The number of rotatable bonds is 5. The van der Waals surface area contributed by atoms with Crippen molar-refractivity contribution >= 4 is 0 Å². The fourth-order valence-electron chi connectivity index (χ4n) is 2.62. The molecule has 0 unspecified atom stereocenters. The van der Waals surface area contributed by atoms with Crippen molar-refractivity contribution in [1.82, 2.24) is 9.80 Å². The first-order chi connectivity index (χ1) is 6.78. The van der Waals surface area contributed by atoms with Gasteiger partial charge in [-0.05, 0) is 44.8 Å². The molecule has 0 aromatic heterocycles. The molecule has 3 heteroatoms. The van der Waals surface area contributed by atoms with Gasteiger partial charge in [0.2, 0.25) is 0 Å². The monoisotopic (exact) mass is 197 g/mol. The summed E-state index contributed by atoms with van der Waals surface area (Å²) in [5, 5.41) is 0. The molecule has 0 aliphatic carbocycles. The molecule has 2 saturated heterocycles. The summed E-state index contributed by atoms with van der Waals surface area (Å²) in [6, 6.07) is 0. The Morgan fingerprint density at radius 3 is 2.43 bits per heavy atom. The molecule has 3 nitrogen and oxygen atoms in total. The lowest BCUT2D eigenvalue weighted by atomic mass is 9.94. The lowest BCUT2D eigenvalue weighted by molar-refractivity contribution is 0.0874. The van der Waals surface area contributed by atoms with Gasteiger partial charge in [-0.3, -0.25) is 0 Å². The normalized spacial score (nSPS) is 26.1. The predicted octanol–water partition coefficient (Wildman–Crippen LogP) is 0.219. The summed E-state index contributed by atoms with van der Waals surface area (Å²) in [7, 11) is 2.21. The van der Waals surface area contributed by atoms with Crippen LogP contribution in [0.4, 0.5) is 0 Å². The molecule has 0 saturated carbocycles. The smallest absolute Gasteiger partial charge is 0.00341 e. The summed E-state index contributed by atoms with van der Waals surface area (Å²) in [5.41, 5.74) is 5.59. The van der Waals surface area contributed by atoms with Crippen molar-refractivity contribution in [3.05, 3.63) is 0 Å². The highest BCUT2D eigenvalue weighted by Crippen LogP contribution is 2.20. The largest absolute Gasteiger partial charge is 0.330 e. The molecule has 0 amide bonds. The molecule has 2 aliphatic rings. The van der Waals surface area contributed by atoms with Crippen LogP contribution in [-0.2, 0) is 0 Å². The molecule has 14 heavy (non-hydrogen) atoms. The molecular weight excluding hydrogens is 174 g/mol. The second-order valence-corrected chi connectivity index (χ2v) is 5.09. The minimum atomic E-state index is 0.796. The Kier molecular flexibility index (Phi) is 3.42. The number of hydrogen-bond acceptors (Lipinski definition) is 3. The zero-order valence-corrected chi connectivity index (χ0v) is 9.28. The molecule has 2 N–H and O–H groups in total. The topological polar surface area (TPSA) is 32.5 Å². The average Bonchev–Trinajstić information content (AvgIpc) is 2.05. The van der Waals surface area contributed by atoms with E-state index in [-0.39, 0.29) is 0 Å². The number of nitrogens with zero attached hydrogens (tertiary/aromatic N) is 2. The second kappa shape index (κ2) is 4.60. The standard InChI is InChI=1S/C11H23N3/c1-13-6-10(7-13)3-2-4-14-8-11(5-12)9-14/h10-11H,2-9,12H2,1H3. The molecule has 2 fully saturated rings. The van der Waals surface area contributed by atoms with Gasteiger partial charge in [0.25, 0.3) is 0 Å². The van der Waals surface area contributed by atoms with Crippen molar-refractivity contribution in [3.63, 3.8) is 0 Å². The third-order valence-corrected chi connectivity index (χ3v) is 3.59. The van der Waals surface area contributed by atoms with Crippen LogP contribution in [0.15, 0.2) is 0 Å². The summed E-state index contributed by atoms with van der Waals surface area (Å²) in [4.78, 5) is 4.94. The van der Waals surface area contributed by atoms with Crippen molar-refractivity contribution < 1.29 is 0 Å². The van der Waals surface area contributed by atoms with Crippen molar-refractivity contribution in [3.8, 4) is 0 Å². The van der Waals surface area contributed by atoms with Gasteiger partial charge < -0.3 is 15.5 Å².